The number of benzene rings is 1. The van der Waals surface area contributed by atoms with Crippen molar-refractivity contribution in [1.82, 2.24) is 4.98 Å². The molecule has 0 radical (unpaired) electrons. The number of halogens is 2. The molecule has 0 amide bonds. The van der Waals surface area contributed by atoms with Crippen LogP contribution in [0.25, 0.3) is 0 Å². The van der Waals surface area contributed by atoms with Gasteiger partial charge in [0, 0.05) is 10.7 Å². The Morgan fingerprint density at radius 1 is 1.11 bits per heavy atom. The molecule has 0 aliphatic heterocycles. The molecule has 0 spiro atoms. The zero-order valence-corrected chi connectivity index (χ0v) is 14.2. The van der Waals surface area contributed by atoms with Crippen molar-refractivity contribution in [3.05, 3.63) is 51.0 Å². The van der Waals surface area contributed by atoms with Gasteiger partial charge in [-0.15, -0.1) is 0 Å². The summed E-state index contributed by atoms with van der Waals surface area (Å²) < 4.78 is 7.56. The van der Waals surface area contributed by atoms with Crippen molar-refractivity contribution in [2.75, 3.05) is 0 Å². The van der Waals surface area contributed by atoms with Crippen molar-refractivity contribution in [2.24, 2.45) is 0 Å². The molecule has 0 fully saturated rings. The summed E-state index contributed by atoms with van der Waals surface area (Å²) in [7, 11) is 0. The number of hydrogen-bond donors (Lipinski definition) is 0. The second kappa shape index (κ2) is 5.63. The van der Waals surface area contributed by atoms with Crippen LogP contribution in [0.2, 0.25) is 0 Å². The number of pyridine rings is 1. The molecular formula is C15H15Br2NO. The summed E-state index contributed by atoms with van der Waals surface area (Å²) in [5.74, 6) is 1.36. The highest BCUT2D eigenvalue weighted by molar-refractivity contribution is 9.11. The molecular weight excluding hydrogens is 370 g/mol. The van der Waals surface area contributed by atoms with Gasteiger partial charge in [0.2, 0.25) is 5.88 Å². The molecule has 2 rings (SSSR count). The summed E-state index contributed by atoms with van der Waals surface area (Å²) in [4.78, 5) is 4.25. The fourth-order valence-electron chi connectivity index (χ4n) is 1.61. The summed E-state index contributed by atoms with van der Waals surface area (Å²) in [5.41, 5.74) is 1.34. The molecule has 0 saturated heterocycles. The molecule has 0 saturated carbocycles. The van der Waals surface area contributed by atoms with Crippen molar-refractivity contribution in [1.29, 1.82) is 0 Å². The fraction of sp³-hybridized carbons (Fsp3) is 0.267. The van der Waals surface area contributed by atoms with Crippen LogP contribution < -0.4 is 4.74 Å². The molecule has 2 aromatic rings. The first-order chi connectivity index (χ1) is 8.86. The van der Waals surface area contributed by atoms with E-state index in [0.717, 1.165) is 14.7 Å². The molecule has 0 N–H and O–H groups in total. The Morgan fingerprint density at radius 2 is 1.84 bits per heavy atom. The van der Waals surface area contributed by atoms with Gasteiger partial charge < -0.3 is 4.74 Å². The lowest BCUT2D eigenvalue weighted by Gasteiger charge is -2.19. The van der Waals surface area contributed by atoms with Gasteiger partial charge in [0.05, 0.1) is 4.47 Å². The molecule has 1 aromatic carbocycles. The van der Waals surface area contributed by atoms with Crippen molar-refractivity contribution in [3.8, 4) is 11.6 Å². The average Bonchev–Trinajstić information content (AvgIpc) is 2.32. The molecule has 2 nitrogen and oxygen atoms in total. The van der Waals surface area contributed by atoms with Crippen molar-refractivity contribution in [3.63, 3.8) is 0 Å². The lowest BCUT2D eigenvalue weighted by molar-refractivity contribution is 0.456. The normalized spacial score (nSPS) is 11.4. The third kappa shape index (κ3) is 3.80. The summed E-state index contributed by atoms with van der Waals surface area (Å²) in [6, 6.07) is 10.0. The maximum absolute atomic E-state index is 5.82. The first kappa shape index (κ1) is 14.5. The predicted molar refractivity (Wildman–Crippen MR) is 84.9 cm³/mol. The Morgan fingerprint density at radius 3 is 2.47 bits per heavy atom. The van der Waals surface area contributed by atoms with Crippen LogP contribution in [-0.2, 0) is 5.41 Å². The van der Waals surface area contributed by atoms with E-state index in [1.807, 2.05) is 18.2 Å². The summed E-state index contributed by atoms with van der Waals surface area (Å²) in [6.45, 7) is 6.54. The summed E-state index contributed by atoms with van der Waals surface area (Å²) >= 11 is 6.82. The minimum absolute atomic E-state index is 0.101. The maximum Gasteiger partial charge on any atom is 0.233 e. The lowest BCUT2D eigenvalue weighted by atomic mass is 9.87. The van der Waals surface area contributed by atoms with E-state index in [-0.39, 0.29) is 5.41 Å². The quantitative estimate of drug-likeness (QED) is 0.662. The van der Waals surface area contributed by atoms with Crippen molar-refractivity contribution < 1.29 is 4.74 Å². The number of ether oxygens (including phenoxy) is 1. The number of aromatic nitrogens is 1. The highest BCUT2D eigenvalue weighted by Crippen LogP contribution is 2.31. The number of nitrogens with zero attached hydrogens (tertiary/aromatic N) is 1. The molecule has 0 aliphatic carbocycles. The molecule has 0 atom stereocenters. The van der Waals surface area contributed by atoms with E-state index in [1.54, 1.807) is 6.20 Å². The Balaban J connectivity index is 2.29. The van der Waals surface area contributed by atoms with E-state index in [1.165, 1.54) is 5.56 Å². The van der Waals surface area contributed by atoms with Gasteiger partial charge in [0.15, 0.2) is 0 Å². The Hall–Kier alpha value is -0.870. The van der Waals surface area contributed by atoms with Gasteiger partial charge in [0.25, 0.3) is 0 Å². The van der Waals surface area contributed by atoms with Crippen molar-refractivity contribution in [2.45, 2.75) is 26.2 Å². The number of rotatable bonds is 2. The van der Waals surface area contributed by atoms with Crippen LogP contribution in [0, 0.1) is 0 Å². The van der Waals surface area contributed by atoms with Crippen LogP contribution in [0.5, 0.6) is 11.6 Å². The Bertz CT molecular complexity index is 591. The van der Waals surface area contributed by atoms with E-state index in [2.05, 4.69) is 69.7 Å². The van der Waals surface area contributed by atoms with E-state index in [4.69, 9.17) is 4.74 Å². The van der Waals surface area contributed by atoms with Crippen molar-refractivity contribution >= 4 is 31.9 Å². The molecule has 1 heterocycles. The minimum Gasteiger partial charge on any atom is -0.438 e. The first-order valence-electron chi connectivity index (χ1n) is 5.96. The molecule has 4 heteroatoms. The van der Waals surface area contributed by atoms with Gasteiger partial charge in [0.1, 0.15) is 5.75 Å². The van der Waals surface area contributed by atoms with Crippen LogP contribution in [0.3, 0.4) is 0 Å². The molecule has 19 heavy (non-hydrogen) atoms. The monoisotopic (exact) mass is 383 g/mol. The Labute approximate surface area is 130 Å². The van der Waals surface area contributed by atoms with Crippen LogP contribution in [0.15, 0.2) is 45.5 Å². The molecule has 0 unspecified atom stereocenters. The van der Waals surface area contributed by atoms with Gasteiger partial charge >= 0.3 is 0 Å². The summed E-state index contributed by atoms with van der Waals surface area (Å²) in [6.07, 6.45) is 1.72. The van der Waals surface area contributed by atoms with E-state index >= 15 is 0 Å². The van der Waals surface area contributed by atoms with E-state index in [0.29, 0.717) is 5.88 Å². The zero-order valence-electron chi connectivity index (χ0n) is 11.1. The van der Waals surface area contributed by atoms with E-state index < -0.39 is 0 Å². The maximum atomic E-state index is 5.82. The largest absolute Gasteiger partial charge is 0.438 e. The molecule has 100 valence electrons. The van der Waals surface area contributed by atoms with Gasteiger partial charge in [-0.2, -0.15) is 0 Å². The van der Waals surface area contributed by atoms with Crippen LogP contribution in [-0.4, -0.2) is 4.98 Å². The topological polar surface area (TPSA) is 22.1 Å². The van der Waals surface area contributed by atoms with Crippen LogP contribution >= 0.6 is 31.9 Å². The van der Waals surface area contributed by atoms with Crippen LogP contribution in [0.1, 0.15) is 26.3 Å². The second-order valence-electron chi connectivity index (χ2n) is 5.32. The van der Waals surface area contributed by atoms with E-state index in [9.17, 15) is 0 Å². The molecule has 0 aliphatic rings. The third-order valence-corrected chi connectivity index (χ3v) is 3.69. The van der Waals surface area contributed by atoms with Gasteiger partial charge in [-0.25, -0.2) is 4.98 Å². The third-order valence-electron chi connectivity index (χ3n) is 2.69. The van der Waals surface area contributed by atoms with Gasteiger partial charge in [-0.05, 0) is 61.0 Å². The first-order valence-corrected chi connectivity index (χ1v) is 7.54. The minimum atomic E-state index is 0.101. The molecule has 0 bridgehead atoms. The smallest absolute Gasteiger partial charge is 0.233 e. The predicted octanol–water partition coefficient (Wildman–Crippen LogP) is 5.70. The highest BCUT2D eigenvalue weighted by atomic mass is 79.9. The summed E-state index contributed by atoms with van der Waals surface area (Å²) in [5, 5.41) is 0. The fourth-order valence-corrected chi connectivity index (χ4v) is 2.68. The van der Waals surface area contributed by atoms with Gasteiger partial charge in [-0.1, -0.05) is 32.9 Å². The number of hydrogen-bond acceptors (Lipinski definition) is 2. The zero-order chi connectivity index (χ0) is 14.0. The molecule has 1 aromatic heterocycles. The average molecular weight is 385 g/mol. The van der Waals surface area contributed by atoms with Crippen LogP contribution in [0.4, 0.5) is 0 Å². The standard InChI is InChI=1S/C15H15Br2NO/c1-15(2,3)10-5-4-6-12(7-10)19-14-13(17)8-11(16)9-18-14/h4-9H,1-3H3. The second-order valence-corrected chi connectivity index (χ2v) is 7.09. The van der Waals surface area contributed by atoms with Gasteiger partial charge in [-0.3, -0.25) is 0 Å². The lowest BCUT2D eigenvalue weighted by Crippen LogP contribution is -2.10. The highest BCUT2D eigenvalue weighted by Gasteiger charge is 2.14. The Kier molecular flexibility index (Phi) is 4.31. The SMILES string of the molecule is CC(C)(C)c1cccc(Oc2ncc(Br)cc2Br)c1.